The largest absolute Gasteiger partial charge is 0.305 e. The average molecular weight is 805 g/mol. The van der Waals surface area contributed by atoms with Gasteiger partial charge in [0.2, 0.25) is 0 Å². The van der Waals surface area contributed by atoms with Gasteiger partial charge in [0.1, 0.15) is 0 Å². The van der Waals surface area contributed by atoms with Crippen molar-refractivity contribution in [1.82, 2.24) is 9.97 Å². The Morgan fingerprint density at radius 2 is 1.37 bits per heavy atom. The number of fused-ring (bicyclic) bond motifs is 4. The third-order valence-electron chi connectivity index (χ3n) is 8.04. The van der Waals surface area contributed by atoms with Gasteiger partial charge in [-0.05, 0) is 43.5 Å². The maximum absolute atomic E-state index is 4.78. The molecule has 3 aromatic heterocycles. The zero-order valence-corrected chi connectivity index (χ0v) is 30.1. The van der Waals surface area contributed by atoms with E-state index in [1.807, 2.05) is 48.0 Å². The van der Waals surface area contributed by atoms with Gasteiger partial charge >= 0.3 is 0 Å². The summed E-state index contributed by atoms with van der Waals surface area (Å²) < 4.78 is 2.54. The molecular formula is C41H32IrN2SSi-2. The number of benzene rings is 5. The molecule has 227 valence electrons. The summed E-state index contributed by atoms with van der Waals surface area (Å²) in [5, 5.41) is 6.34. The van der Waals surface area contributed by atoms with Crippen LogP contribution in [0.25, 0.3) is 64.6 Å². The maximum Gasteiger partial charge on any atom is 0.0795 e. The van der Waals surface area contributed by atoms with E-state index < -0.39 is 8.07 Å². The molecule has 0 spiro atoms. The van der Waals surface area contributed by atoms with Crippen LogP contribution in [0.15, 0.2) is 140 Å². The van der Waals surface area contributed by atoms with Crippen LogP contribution in [0.5, 0.6) is 0 Å². The number of rotatable bonds is 4. The molecule has 1 radical (unpaired) electrons. The third kappa shape index (κ3) is 6.51. The second kappa shape index (κ2) is 13.6. The van der Waals surface area contributed by atoms with Gasteiger partial charge in [0.15, 0.2) is 0 Å². The second-order valence-electron chi connectivity index (χ2n) is 12.1. The minimum atomic E-state index is -1.23. The van der Waals surface area contributed by atoms with E-state index in [1.165, 1.54) is 41.9 Å². The fraction of sp³-hybridized carbons (Fsp3) is 0.0732. The minimum absolute atomic E-state index is 0. The van der Waals surface area contributed by atoms with Crippen LogP contribution in [0, 0.1) is 12.1 Å². The monoisotopic (exact) mass is 805 g/mol. The van der Waals surface area contributed by atoms with Crippen LogP contribution in [0.4, 0.5) is 0 Å². The van der Waals surface area contributed by atoms with Gasteiger partial charge in [-0.25, -0.2) is 0 Å². The number of aromatic nitrogens is 2. The van der Waals surface area contributed by atoms with Gasteiger partial charge in [0.25, 0.3) is 0 Å². The SMILES string of the molecule is C[Si](C)(C)c1ccc(-c2[c-]cccc2)nc1.[Ir].[c-]1cc(-c2ccccc2)c2c(sc3ccccc32)c1-c1cc2ccccc2cn1. The van der Waals surface area contributed by atoms with E-state index in [9.17, 15) is 0 Å². The topological polar surface area (TPSA) is 25.8 Å². The van der Waals surface area contributed by atoms with E-state index in [2.05, 4.69) is 140 Å². The molecule has 0 saturated heterocycles. The minimum Gasteiger partial charge on any atom is -0.305 e. The summed E-state index contributed by atoms with van der Waals surface area (Å²) in [5.74, 6) is 0. The van der Waals surface area contributed by atoms with Crippen LogP contribution in [0.2, 0.25) is 19.6 Å². The van der Waals surface area contributed by atoms with E-state index in [-0.39, 0.29) is 20.1 Å². The van der Waals surface area contributed by atoms with Crippen LogP contribution in [0.3, 0.4) is 0 Å². The van der Waals surface area contributed by atoms with Gasteiger partial charge in [-0.1, -0.05) is 127 Å². The van der Waals surface area contributed by atoms with Crippen LogP contribution in [-0.4, -0.2) is 18.0 Å². The molecule has 8 rings (SSSR count). The first-order valence-corrected chi connectivity index (χ1v) is 19.5. The Labute approximate surface area is 289 Å². The molecule has 0 bridgehead atoms. The van der Waals surface area contributed by atoms with Crippen LogP contribution >= 0.6 is 11.3 Å². The summed E-state index contributed by atoms with van der Waals surface area (Å²) in [7, 11) is -1.23. The average Bonchev–Trinajstić information content (AvgIpc) is 3.48. The van der Waals surface area contributed by atoms with Crippen molar-refractivity contribution in [2.45, 2.75) is 19.6 Å². The molecule has 2 nitrogen and oxygen atoms in total. The van der Waals surface area contributed by atoms with E-state index in [0.717, 1.165) is 27.9 Å². The standard InChI is InChI=1S/C27H16NS.C14H16NSi.Ir/c1-2-8-18(9-3-1)21-14-15-22(24-16-19-10-4-5-11-20(19)17-28-24)27-26(21)23-12-6-7-13-25(23)29-27;1-16(2,3)13-9-10-14(15-11-13)12-7-5-4-6-8-12;/h1-14,16-17H;4-7,9-11H,1-3H3;/q2*-1;. The molecular weight excluding hydrogens is 773 g/mol. The fourth-order valence-corrected chi connectivity index (χ4v) is 7.85. The predicted octanol–water partition coefficient (Wildman–Crippen LogP) is 10.8. The third-order valence-corrected chi connectivity index (χ3v) is 11.3. The summed E-state index contributed by atoms with van der Waals surface area (Å²) in [6.45, 7) is 7.00. The number of hydrogen-bond acceptors (Lipinski definition) is 3. The predicted molar refractivity (Wildman–Crippen MR) is 196 cm³/mol. The molecule has 3 heterocycles. The molecule has 0 N–H and O–H groups in total. The molecule has 0 aliphatic rings. The molecule has 0 aliphatic heterocycles. The normalized spacial score (nSPS) is 11.2. The summed E-state index contributed by atoms with van der Waals surface area (Å²) in [6, 6.07) is 50.9. The Hall–Kier alpha value is -4.25. The number of thiophene rings is 1. The molecule has 0 amide bonds. The first-order valence-electron chi connectivity index (χ1n) is 15.2. The number of hydrogen-bond donors (Lipinski definition) is 0. The van der Waals surface area contributed by atoms with Crippen molar-refractivity contribution in [2.75, 3.05) is 0 Å². The molecule has 8 aromatic rings. The van der Waals surface area contributed by atoms with Gasteiger partial charge in [0.05, 0.1) is 8.07 Å². The van der Waals surface area contributed by atoms with Crippen LogP contribution in [0.1, 0.15) is 0 Å². The van der Waals surface area contributed by atoms with Gasteiger partial charge in [-0.15, -0.1) is 53.6 Å². The van der Waals surface area contributed by atoms with Gasteiger partial charge in [-0.2, -0.15) is 11.3 Å². The van der Waals surface area contributed by atoms with Crippen LogP contribution < -0.4 is 5.19 Å². The Morgan fingerprint density at radius 3 is 2.11 bits per heavy atom. The van der Waals surface area contributed by atoms with E-state index >= 15 is 0 Å². The quantitative estimate of drug-likeness (QED) is 0.131. The maximum atomic E-state index is 4.78. The summed E-state index contributed by atoms with van der Waals surface area (Å²) in [4.78, 5) is 9.29. The molecule has 5 heteroatoms. The van der Waals surface area contributed by atoms with Crippen molar-refractivity contribution in [3.05, 3.63) is 152 Å². The zero-order valence-electron chi connectivity index (χ0n) is 25.9. The number of nitrogens with zero attached hydrogens (tertiary/aromatic N) is 2. The smallest absolute Gasteiger partial charge is 0.0795 e. The molecule has 0 fully saturated rings. The summed E-state index contributed by atoms with van der Waals surface area (Å²) in [6.07, 6.45) is 3.98. The van der Waals surface area contributed by atoms with Crippen molar-refractivity contribution >= 4 is 55.5 Å². The molecule has 0 saturated carbocycles. The Kier molecular flexibility index (Phi) is 9.39. The molecule has 0 aliphatic carbocycles. The van der Waals surface area contributed by atoms with E-state index in [4.69, 9.17) is 4.98 Å². The molecule has 0 atom stereocenters. The summed E-state index contributed by atoms with van der Waals surface area (Å²) in [5.41, 5.74) is 6.55. The Bertz CT molecular complexity index is 2240. The molecule has 0 unspecified atom stereocenters. The molecule has 5 aromatic carbocycles. The molecule has 46 heavy (non-hydrogen) atoms. The Balaban J connectivity index is 0.000000187. The van der Waals surface area contributed by atoms with Gasteiger partial charge in [-0.3, -0.25) is 0 Å². The van der Waals surface area contributed by atoms with Gasteiger partial charge in [0, 0.05) is 37.2 Å². The van der Waals surface area contributed by atoms with Crippen LogP contribution in [-0.2, 0) is 20.1 Å². The van der Waals surface area contributed by atoms with Crippen molar-refractivity contribution in [1.29, 1.82) is 0 Å². The zero-order chi connectivity index (χ0) is 30.8. The van der Waals surface area contributed by atoms with Crippen molar-refractivity contribution < 1.29 is 20.1 Å². The van der Waals surface area contributed by atoms with Crippen molar-refractivity contribution in [2.24, 2.45) is 0 Å². The number of pyridine rings is 2. The van der Waals surface area contributed by atoms with E-state index in [1.54, 1.807) is 0 Å². The van der Waals surface area contributed by atoms with Crippen molar-refractivity contribution in [3.63, 3.8) is 0 Å². The second-order valence-corrected chi connectivity index (χ2v) is 18.3. The first-order chi connectivity index (χ1) is 22.0. The summed E-state index contributed by atoms with van der Waals surface area (Å²) >= 11 is 1.83. The Morgan fingerprint density at radius 1 is 0.652 bits per heavy atom. The first kappa shape index (κ1) is 31.7. The van der Waals surface area contributed by atoms with E-state index in [0.29, 0.717) is 0 Å². The van der Waals surface area contributed by atoms with Crippen molar-refractivity contribution in [3.8, 4) is 33.6 Å². The fourth-order valence-electron chi connectivity index (χ4n) is 5.58. The van der Waals surface area contributed by atoms with Gasteiger partial charge < -0.3 is 9.97 Å².